The Bertz CT molecular complexity index is 138. The molecule has 0 aliphatic heterocycles. The summed E-state index contributed by atoms with van der Waals surface area (Å²) >= 11 is 0. The van der Waals surface area contributed by atoms with Crippen LogP contribution in [0.2, 0.25) is 0 Å². The Morgan fingerprint density at radius 1 is 1.78 bits per heavy atom. The maximum absolute atomic E-state index is 10.7. The third kappa shape index (κ3) is 1.31. The fourth-order valence-corrected chi connectivity index (χ4v) is 0.980. The molecule has 0 fully saturated rings. The second-order valence-corrected chi connectivity index (χ2v) is 2.14. The van der Waals surface area contributed by atoms with Crippen LogP contribution in [0, 0.1) is 5.92 Å². The van der Waals surface area contributed by atoms with Crippen molar-refractivity contribution in [2.75, 3.05) is 7.11 Å². The zero-order valence-electron chi connectivity index (χ0n) is 5.46. The molecule has 0 radical (unpaired) electrons. The molecule has 50 valence electrons. The molecule has 0 heterocycles. The van der Waals surface area contributed by atoms with Gasteiger partial charge in [0.05, 0.1) is 13.0 Å². The summed E-state index contributed by atoms with van der Waals surface area (Å²) in [6, 6.07) is 0. The normalized spacial score (nSPS) is 24.3. The quantitative estimate of drug-likeness (QED) is 0.389. The summed E-state index contributed by atoms with van der Waals surface area (Å²) in [7, 11) is 1.43. The van der Waals surface area contributed by atoms with Crippen LogP contribution in [0.5, 0.6) is 0 Å². The Kier molecular flexibility index (Phi) is 1.88. The fraction of sp³-hybridized carbons (Fsp3) is 0.571. The molecule has 0 saturated carbocycles. The van der Waals surface area contributed by atoms with E-state index in [0.29, 0.717) is 0 Å². The molecule has 0 aromatic rings. The van der Waals surface area contributed by atoms with Crippen LogP contribution >= 0.6 is 0 Å². The number of methoxy groups -OCH3 is 1. The largest absolute Gasteiger partial charge is 0.469 e. The van der Waals surface area contributed by atoms with E-state index in [9.17, 15) is 4.79 Å². The molecule has 0 aromatic heterocycles. The van der Waals surface area contributed by atoms with E-state index in [1.54, 1.807) is 0 Å². The van der Waals surface area contributed by atoms with E-state index < -0.39 is 0 Å². The Balaban J connectivity index is 2.43. The molecule has 0 saturated heterocycles. The van der Waals surface area contributed by atoms with Crippen molar-refractivity contribution in [3.05, 3.63) is 12.2 Å². The predicted molar refractivity (Wildman–Crippen MR) is 33.9 cm³/mol. The van der Waals surface area contributed by atoms with Crippen molar-refractivity contribution in [2.45, 2.75) is 12.8 Å². The smallest absolute Gasteiger partial charge is 0.312 e. The lowest BCUT2D eigenvalue weighted by Gasteiger charge is -2.02. The van der Waals surface area contributed by atoms with Crippen molar-refractivity contribution in [3.63, 3.8) is 0 Å². The zero-order valence-corrected chi connectivity index (χ0v) is 5.46. The Morgan fingerprint density at radius 3 is 3.00 bits per heavy atom. The van der Waals surface area contributed by atoms with Crippen molar-refractivity contribution < 1.29 is 9.53 Å². The van der Waals surface area contributed by atoms with Crippen LogP contribution in [0.3, 0.4) is 0 Å². The number of esters is 1. The highest BCUT2D eigenvalue weighted by Gasteiger charge is 2.17. The molecule has 1 atom stereocenters. The average molecular weight is 126 g/mol. The first-order valence-electron chi connectivity index (χ1n) is 3.09. The minimum absolute atomic E-state index is 0.0370. The average Bonchev–Trinajstić information content (AvgIpc) is 2.37. The second-order valence-electron chi connectivity index (χ2n) is 2.14. The zero-order chi connectivity index (χ0) is 6.69. The number of ether oxygens (including phenoxy) is 1. The van der Waals surface area contributed by atoms with Gasteiger partial charge in [-0.3, -0.25) is 4.79 Å². The van der Waals surface area contributed by atoms with Crippen LogP contribution in [-0.4, -0.2) is 13.1 Å². The number of allylic oxidation sites excluding steroid dienone is 1. The van der Waals surface area contributed by atoms with Gasteiger partial charge in [-0.1, -0.05) is 12.2 Å². The molecular formula is C7H10O2. The SMILES string of the molecule is COC(=O)[C@@H]1C=CCC1. The number of carbonyl (C=O) groups excluding carboxylic acids is 1. The van der Waals surface area contributed by atoms with Crippen molar-refractivity contribution in [2.24, 2.45) is 5.92 Å². The van der Waals surface area contributed by atoms with Gasteiger partial charge < -0.3 is 4.74 Å². The van der Waals surface area contributed by atoms with E-state index in [4.69, 9.17) is 0 Å². The minimum atomic E-state index is -0.108. The van der Waals surface area contributed by atoms with E-state index in [2.05, 4.69) is 4.74 Å². The van der Waals surface area contributed by atoms with Gasteiger partial charge in [0.1, 0.15) is 0 Å². The third-order valence-electron chi connectivity index (χ3n) is 1.52. The fourth-order valence-electron chi connectivity index (χ4n) is 0.980. The number of hydrogen-bond donors (Lipinski definition) is 0. The molecule has 1 aliphatic rings. The van der Waals surface area contributed by atoms with Gasteiger partial charge in [-0.25, -0.2) is 0 Å². The molecule has 0 unspecified atom stereocenters. The number of hydrogen-bond acceptors (Lipinski definition) is 2. The maximum Gasteiger partial charge on any atom is 0.312 e. The number of rotatable bonds is 1. The van der Waals surface area contributed by atoms with Gasteiger partial charge in [-0.05, 0) is 12.8 Å². The molecule has 0 spiro atoms. The first-order chi connectivity index (χ1) is 4.34. The van der Waals surface area contributed by atoms with Gasteiger partial charge in [-0.2, -0.15) is 0 Å². The lowest BCUT2D eigenvalue weighted by Crippen LogP contribution is -2.10. The van der Waals surface area contributed by atoms with Crippen molar-refractivity contribution >= 4 is 5.97 Å². The monoisotopic (exact) mass is 126 g/mol. The summed E-state index contributed by atoms with van der Waals surface area (Å²) in [6.07, 6.45) is 5.86. The lowest BCUT2D eigenvalue weighted by atomic mass is 10.1. The minimum Gasteiger partial charge on any atom is -0.469 e. The highest BCUT2D eigenvalue weighted by Crippen LogP contribution is 2.17. The van der Waals surface area contributed by atoms with Crippen LogP contribution < -0.4 is 0 Å². The first-order valence-corrected chi connectivity index (χ1v) is 3.09. The highest BCUT2D eigenvalue weighted by atomic mass is 16.5. The van der Waals surface area contributed by atoms with Crippen molar-refractivity contribution in [1.29, 1.82) is 0 Å². The van der Waals surface area contributed by atoms with Gasteiger partial charge in [-0.15, -0.1) is 0 Å². The van der Waals surface area contributed by atoms with E-state index >= 15 is 0 Å². The maximum atomic E-state index is 10.7. The van der Waals surface area contributed by atoms with Crippen LogP contribution in [0.1, 0.15) is 12.8 Å². The molecule has 0 amide bonds. The first kappa shape index (κ1) is 6.33. The van der Waals surface area contributed by atoms with Crippen molar-refractivity contribution in [1.82, 2.24) is 0 Å². The molecule has 1 aliphatic carbocycles. The standard InChI is InChI=1S/C7H10O2/c1-9-7(8)6-4-2-3-5-6/h2,4,6H,3,5H2,1H3/t6-/m1/s1. The van der Waals surface area contributed by atoms with Gasteiger partial charge in [0.2, 0.25) is 0 Å². The van der Waals surface area contributed by atoms with Crippen LogP contribution in [0.15, 0.2) is 12.2 Å². The van der Waals surface area contributed by atoms with Gasteiger partial charge in [0, 0.05) is 0 Å². The molecule has 2 heteroatoms. The van der Waals surface area contributed by atoms with E-state index in [0.717, 1.165) is 12.8 Å². The summed E-state index contributed by atoms with van der Waals surface area (Å²) < 4.78 is 4.54. The third-order valence-corrected chi connectivity index (χ3v) is 1.52. The van der Waals surface area contributed by atoms with E-state index in [1.807, 2.05) is 12.2 Å². The Hall–Kier alpha value is -0.790. The van der Waals surface area contributed by atoms with Gasteiger partial charge in [0.15, 0.2) is 0 Å². The molecular weight excluding hydrogens is 116 g/mol. The van der Waals surface area contributed by atoms with Crippen LogP contribution in [-0.2, 0) is 9.53 Å². The summed E-state index contributed by atoms with van der Waals surface area (Å²) in [5.41, 5.74) is 0. The molecule has 2 nitrogen and oxygen atoms in total. The second kappa shape index (κ2) is 2.67. The molecule has 9 heavy (non-hydrogen) atoms. The summed E-state index contributed by atoms with van der Waals surface area (Å²) in [4.78, 5) is 10.7. The summed E-state index contributed by atoms with van der Waals surface area (Å²) in [6.45, 7) is 0. The Labute approximate surface area is 54.5 Å². The molecule has 0 N–H and O–H groups in total. The Morgan fingerprint density at radius 2 is 2.56 bits per heavy atom. The summed E-state index contributed by atoms with van der Waals surface area (Å²) in [5.74, 6) is -0.0706. The molecule has 1 rings (SSSR count). The van der Waals surface area contributed by atoms with Crippen molar-refractivity contribution in [3.8, 4) is 0 Å². The topological polar surface area (TPSA) is 26.3 Å². The van der Waals surface area contributed by atoms with E-state index in [1.165, 1.54) is 7.11 Å². The molecule has 0 aromatic carbocycles. The van der Waals surface area contributed by atoms with E-state index in [-0.39, 0.29) is 11.9 Å². The summed E-state index contributed by atoms with van der Waals surface area (Å²) in [5, 5.41) is 0. The van der Waals surface area contributed by atoms with Crippen LogP contribution in [0.25, 0.3) is 0 Å². The lowest BCUT2D eigenvalue weighted by molar-refractivity contribution is -0.143. The number of carbonyl (C=O) groups is 1. The highest BCUT2D eigenvalue weighted by molar-refractivity contribution is 5.74. The molecule has 0 bridgehead atoms. The predicted octanol–water partition coefficient (Wildman–Crippen LogP) is 1.13. The van der Waals surface area contributed by atoms with Gasteiger partial charge in [0.25, 0.3) is 0 Å². The van der Waals surface area contributed by atoms with Gasteiger partial charge >= 0.3 is 5.97 Å². The van der Waals surface area contributed by atoms with Crippen LogP contribution in [0.4, 0.5) is 0 Å².